The van der Waals surface area contributed by atoms with E-state index >= 15 is 0 Å². The van der Waals surface area contributed by atoms with Gasteiger partial charge in [-0.1, -0.05) is 24.3 Å². The lowest BCUT2D eigenvalue weighted by Gasteiger charge is -2.01. The van der Waals surface area contributed by atoms with E-state index in [4.69, 9.17) is 0 Å². The Kier molecular flexibility index (Phi) is 3.26. The van der Waals surface area contributed by atoms with E-state index in [-0.39, 0.29) is 5.82 Å². The third-order valence-corrected chi connectivity index (χ3v) is 3.79. The van der Waals surface area contributed by atoms with Gasteiger partial charge < -0.3 is 0 Å². The fourth-order valence-electron chi connectivity index (χ4n) is 2.83. The molecule has 0 aliphatic carbocycles. The topological polar surface area (TPSA) is 8.81 Å². The molecule has 0 N–H and O–H groups in total. The van der Waals surface area contributed by atoms with E-state index in [1.807, 2.05) is 12.1 Å². The molecule has 0 amide bonds. The van der Waals surface area contributed by atoms with Crippen molar-refractivity contribution in [2.24, 2.45) is 0 Å². The Morgan fingerprint density at radius 2 is 1.90 bits per heavy atom. The van der Waals surface area contributed by atoms with Crippen molar-refractivity contribution in [3.8, 4) is 0 Å². The van der Waals surface area contributed by atoms with Crippen molar-refractivity contribution in [1.29, 1.82) is 0 Å². The smallest absolute Gasteiger partial charge is 0.228 e. The fourth-order valence-corrected chi connectivity index (χ4v) is 2.83. The number of rotatable bonds is 3. The molecule has 20 heavy (non-hydrogen) atoms. The number of aryl methyl sites for hydroxylation is 1. The first kappa shape index (κ1) is 12.9. The highest BCUT2D eigenvalue weighted by Gasteiger charge is 2.20. The molecular weight excluding hydrogens is 251 g/mol. The van der Waals surface area contributed by atoms with E-state index < -0.39 is 0 Å². The van der Waals surface area contributed by atoms with Gasteiger partial charge in [0.15, 0.2) is 11.0 Å². The van der Waals surface area contributed by atoms with E-state index in [0.717, 1.165) is 12.1 Å². The SMILES string of the molecule is CCn1c(C)[n+](Cc2cccc(F)c2)c2ccccc21. The van der Waals surface area contributed by atoms with Crippen LogP contribution in [0.3, 0.4) is 0 Å². The van der Waals surface area contributed by atoms with Gasteiger partial charge in [-0.15, -0.1) is 0 Å². The fraction of sp³-hybridized carbons (Fsp3) is 0.235. The van der Waals surface area contributed by atoms with Gasteiger partial charge >= 0.3 is 0 Å². The molecule has 0 aliphatic rings. The standard InChI is InChI=1S/C17H18FN2/c1-3-19-13(2)20(17-10-5-4-9-16(17)19)12-14-7-6-8-15(18)11-14/h4-11H,3,12H2,1-2H3/q+1. The molecule has 0 saturated heterocycles. The van der Waals surface area contributed by atoms with Crippen molar-refractivity contribution in [2.75, 3.05) is 0 Å². The summed E-state index contributed by atoms with van der Waals surface area (Å²) in [5.74, 6) is 1.01. The van der Waals surface area contributed by atoms with Crippen LogP contribution in [0.1, 0.15) is 18.3 Å². The maximum atomic E-state index is 13.3. The van der Waals surface area contributed by atoms with Crippen LogP contribution < -0.4 is 4.57 Å². The minimum Gasteiger partial charge on any atom is -0.228 e. The Morgan fingerprint density at radius 3 is 2.65 bits per heavy atom. The first-order valence-electron chi connectivity index (χ1n) is 6.93. The Labute approximate surface area is 118 Å². The average Bonchev–Trinajstić information content (AvgIpc) is 2.72. The molecule has 1 aromatic heterocycles. The van der Waals surface area contributed by atoms with Crippen LogP contribution in [0.15, 0.2) is 48.5 Å². The van der Waals surface area contributed by atoms with Crippen molar-refractivity contribution in [1.82, 2.24) is 4.57 Å². The number of aromatic nitrogens is 2. The molecule has 0 radical (unpaired) electrons. The third-order valence-electron chi connectivity index (χ3n) is 3.79. The second kappa shape index (κ2) is 5.08. The Hall–Kier alpha value is -2.16. The predicted molar refractivity (Wildman–Crippen MR) is 78.0 cm³/mol. The molecule has 1 heterocycles. The zero-order valence-corrected chi connectivity index (χ0v) is 11.8. The molecule has 2 aromatic carbocycles. The monoisotopic (exact) mass is 269 g/mol. The lowest BCUT2D eigenvalue weighted by Crippen LogP contribution is -2.37. The summed E-state index contributed by atoms with van der Waals surface area (Å²) in [6, 6.07) is 15.2. The maximum Gasteiger partial charge on any atom is 0.254 e. The molecular formula is C17H18FN2+. The molecule has 102 valence electrons. The molecule has 0 spiro atoms. The van der Waals surface area contributed by atoms with Crippen molar-refractivity contribution in [3.05, 3.63) is 65.7 Å². The maximum absolute atomic E-state index is 13.3. The highest BCUT2D eigenvalue weighted by atomic mass is 19.1. The minimum atomic E-state index is -0.181. The van der Waals surface area contributed by atoms with Gasteiger partial charge in [0.2, 0.25) is 0 Å². The lowest BCUT2D eigenvalue weighted by atomic mass is 10.2. The second-order valence-corrected chi connectivity index (χ2v) is 5.00. The van der Waals surface area contributed by atoms with Gasteiger partial charge in [-0.2, -0.15) is 0 Å². The predicted octanol–water partition coefficient (Wildman–Crippen LogP) is 3.44. The third kappa shape index (κ3) is 2.09. The van der Waals surface area contributed by atoms with Crippen LogP contribution in [0.4, 0.5) is 4.39 Å². The van der Waals surface area contributed by atoms with E-state index in [1.165, 1.54) is 22.9 Å². The molecule has 0 aliphatic heterocycles. The van der Waals surface area contributed by atoms with Crippen LogP contribution in [-0.4, -0.2) is 4.57 Å². The molecule has 0 fully saturated rings. The number of hydrogen-bond acceptors (Lipinski definition) is 0. The van der Waals surface area contributed by atoms with Gasteiger partial charge in [-0.05, 0) is 36.8 Å². The summed E-state index contributed by atoms with van der Waals surface area (Å²) in [5.41, 5.74) is 3.40. The molecule has 0 saturated carbocycles. The molecule has 0 bridgehead atoms. The number of nitrogens with zero attached hydrogens (tertiary/aromatic N) is 2. The van der Waals surface area contributed by atoms with Crippen molar-refractivity contribution >= 4 is 11.0 Å². The summed E-state index contributed by atoms with van der Waals surface area (Å²) >= 11 is 0. The first-order valence-corrected chi connectivity index (χ1v) is 6.93. The van der Waals surface area contributed by atoms with Gasteiger partial charge in [0.05, 0.1) is 6.54 Å². The van der Waals surface area contributed by atoms with Crippen molar-refractivity contribution in [2.45, 2.75) is 26.9 Å². The van der Waals surface area contributed by atoms with Crippen molar-refractivity contribution < 1.29 is 8.96 Å². The minimum absolute atomic E-state index is 0.181. The average molecular weight is 269 g/mol. The summed E-state index contributed by atoms with van der Waals surface area (Å²) in [6.07, 6.45) is 0. The summed E-state index contributed by atoms with van der Waals surface area (Å²) in [5, 5.41) is 0. The van der Waals surface area contributed by atoms with Crippen molar-refractivity contribution in [3.63, 3.8) is 0 Å². The van der Waals surface area contributed by atoms with Crippen LogP contribution in [0, 0.1) is 12.7 Å². The number of imidazole rings is 1. The largest absolute Gasteiger partial charge is 0.254 e. The highest BCUT2D eigenvalue weighted by molar-refractivity contribution is 5.72. The quantitative estimate of drug-likeness (QED) is 0.644. The van der Waals surface area contributed by atoms with Gasteiger partial charge in [0, 0.05) is 6.92 Å². The molecule has 0 unspecified atom stereocenters. The van der Waals surface area contributed by atoms with Gasteiger partial charge in [0.1, 0.15) is 12.4 Å². The van der Waals surface area contributed by atoms with Crippen LogP contribution in [-0.2, 0) is 13.1 Å². The van der Waals surface area contributed by atoms with E-state index in [2.05, 4.69) is 41.2 Å². The summed E-state index contributed by atoms with van der Waals surface area (Å²) in [7, 11) is 0. The van der Waals surface area contributed by atoms with Gasteiger partial charge in [0.25, 0.3) is 5.82 Å². The molecule has 3 aromatic rings. The second-order valence-electron chi connectivity index (χ2n) is 5.00. The van der Waals surface area contributed by atoms with Crippen LogP contribution >= 0.6 is 0 Å². The zero-order chi connectivity index (χ0) is 14.1. The number of hydrogen-bond donors (Lipinski definition) is 0. The van der Waals surface area contributed by atoms with Crippen LogP contribution in [0.25, 0.3) is 11.0 Å². The number of fused-ring (bicyclic) bond motifs is 1. The molecule has 0 atom stereocenters. The Morgan fingerprint density at radius 1 is 1.10 bits per heavy atom. The van der Waals surface area contributed by atoms with E-state index in [0.29, 0.717) is 6.54 Å². The lowest BCUT2D eigenvalue weighted by molar-refractivity contribution is -0.669. The zero-order valence-electron chi connectivity index (χ0n) is 11.8. The normalized spacial score (nSPS) is 11.2. The number of halogens is 1. The van der Waals surface area contributed by atoms with E-state index in [1.54, 1.807) is 12.1 Å². The Bertz CT molecular complexity index is 759. The molecule has 2 nitrogen and oxygen atoms in total. The Balaban J connectivity index is 2.14. The number of para-hydroxylation sites is 2. The highest BCUT2D eigenvalue weighted by Crippen LogP contribution is 2.15. The summed E-state index contributed by atoms with van der Waals surface area (Å²) < 4.78 is 17.9. The summed E-state index contributed by atoms with van der Waals surface area (Å²) in [4.78, 5) is 0. The summed E-state index contributed by atoms with van der Waals surface area (Å²) in [6.45, 7) is 5.88. The first-order chi connectivity index (χ1) is 9.70. The van der Waals surface area contributed by atoms with Crippen LogP contribution in [0.2, 0.25) is 0 Å². The van der Waals surface area contributed by atoms with Crippen LogP contribution in [0.5, 0.6) is 0 Å². The van der Waals surface area contributed by atoms with E-state index in [9.17, 15) is 4.39 Å². The number of benzene rings is 2. The molecule has 3 heteroatoms. The molecule has 3 rings (SSSR count). The van der Waals surface area contributed by atoms with Gasteiger partial charge in [-0.25, -0.2) is 13.5 Å². The van der Waals surface area contributed by atoms with Gasteiger partial charge in [-0.3, -0.25) is 0 Å².